The summed E-state index contributed by atoms with van der Waals surface area (Å²) in [5.41, 5.74) is 2.64. The summed E-state index contributed by atoms with van der Waals surface area (Å²) in [6, 6.07) is 12.3. The minimum Gasteiger partial charge on any atom is -0.319 e. The zero-order valence-electron chi connectivity index (χ0n) is 16.0. The van der Waals surface area contributed by atoms with Gasteiger partial charge in [0.25, 0.3) is 0 Å². The molecule has 0 saturated heterocycles. The van der Waals surface area contributed by atoms with Crippen LogP contribution in [-0.4, -0.2) is 37.5 Å². The van der Waals surface area contributed by atoms with Crippen molar-refractivity contribution in [2.24, 2.45) is 5.92 Å². The number of aromatic nitrogens is 3. The Kier molecular flexibility index (Phi) is 4.56. The van der Waals surface area contributed by atoms with Gasteiger partial charge in [0, 0.05) is 12.1 Å². The van der Waals surface area contributed by atoms with Crippen LogP contribution in [0.25, 0.3) is 16.9 Å². The zero-order chi connectivity index (χ0) is 19.0. The number of pyridine rings is 1. The van der Waals surface area contributed by atoms with E-state index in [-0.39, 0.29) is 12.1 Å². The molecule has 6 nitrogen and oxygen atoms in total. The van der Waals surface area contributed by atoms with Gasteiger partial charge >= 0.3 is 6.03 Å². The fourth-order valence-electron chi connectivity index (χ4n) is 3.29. The van der Waals surface area contributed by atoms with Crippen LogP contribution in [0.5, 0.6) is 0 Å². The standard InChI is InChI=1S/C21H25N5O/c1-14(2)15(3)26(17-9-10-17)21(27)24-16-8-11-20(22-12-16)25-13-23-18-6-4-5-7-19(18)25/h4-8,11-15,17H,9-10H2,1-3H3,(H,24,27)/t15-/m0/s1. The van der Waals surface area contributed by atoms with Gasteiger partial charge in [-0.3, -0.25) is 4.57 Å². The number of rotatable bonds is 5. The van der Waals surface area contributed by atoms with Crippen molar-refractivity contribution in [1.82, 2.24) is 19.4 Å². The fourth-order valence-corrected chi connectivity index (χ4v) is 3.29. The Morgan fingerprint density at radius 1 is 1.15 bits per heavy atom. The first-order valence-corrected chi connectivity index (χ1v) is 9.52. The molecule has 2 heterocycles. The lowest BCUT2D eigenvalue weighted by molar-refractivity contribution is 0.169. The number of fused-ring (bicyclic) bond motifs is 1. The van der Waals surface area contributed by atoms with E-state index in [1.54, 1.807) is 12.5 Å². The van der Waals surface area contributed by atoms with Crippen molar-refractivity contribution in [1.29, 1.82) is 0 Å². The van der Waals surface area contributed by atoms with E-state index in [0.717, 1.165) is 29.7 Å². The van der Waals surface area contributed by atoms with E-state index in [1.807, 2.05) is 45.9 Å². The summed E-state index contributed by atoms with van der Waals surface area (Å²) in [5.74, 6) is 1.20. The van der Waals surface area contributed by atoms with Crippen molar-refractivity contribution in [2.45, 2.75) is 45.7 Å². The number of amides is 2. The summed E-state index contributed by atoms with van der Waals surface area (Å²) < 4.78 is 1.94. The average molecular weight is 363 g/mol. The summed E-state index contributed by atoms with van der Waals surface area (Å²) >= 11 is 0. The summed E-state index contributed by atoms with van der Waals surface area (Å²) in [6.45, 7) is 6.42. The number of carbonyl (C=O) groups is 1. The van der Waals surface area contributed by atoms with Gasteiger partial charge in [0.05, 0.1) is 22.9 Å². The predicted molar refractivity (Wildman–Crippen MR) is 107 cm³/mol. The van der Waals surface area contributed by atoms with Gasteiger partial charge in [-0.2, -0.15) is 0 Å². The Morgan fingerprint density at radius 2 is 1.93 bits per heavy atom. The Morgan fingerprint density at radius 3 is 2.59 bits per heavy atom. The van der Waals surface area contributed by atoms with Crippen molar-refractivity contribution in [2.75, 3.05) is 5.32 Å². The Balaban J connectivity index is 1.51. The highest BCUT2D eigenvalue weighted by Crippen LogP contribution is 2.31. The first-order chi connectivity index (χ1) is 13.0. The number of imidazole rings is 1. The number of hydrogen-bond donors (Lipinski definition) is 1. The monoisotopic (exact) mass is 363 g/mol. The first-order valence-electron chi connectivity index (χ1n) is 9.52. The van der Waals surface area contributed by atoms with E-state index in [1.165, 1.54) is 0 Å². The van der Waals surface area contributed by atoms with Crippen molar-refractivity contribution in [3.8, 4) is 5.82 Å². The number of hydrogen-bond acceptors (Lipinski definition) is 3. The smallest absolute Gasteiger partial charge is 0.319 e. The van der Waals surface area contributed by atoms with Gasteiger partial charge in [0.1, 0.15) is 12.1 Å². The lowest BCUT2D eigenvalue weighted by Crippen LogP contribution is -2.45. The molecule has 0 aliphatic heterocycles. The zero-order valence-corrected chi connectivity index (χ0v) is 16.0. The first kappa shape index (κ1) is 17.5. The molecule has 2 amide bonds. The molecular formula is C21H25N5O. The third-order valence-corrected chi connectivity index (χ3v) is 5.28. The predicted octanol–water partition coefficient (Wildman–Crippen LogP) is 4.46. The van der Waals surface area contributed by atoms with Gasteiger partial charge in [-0.25, -0.2) is 14.8 Å². The van der Waals surface area contributed by atoms with Crippen LogP contribution in [-0.2, 0) is 0 Å². The van der Waals surface area contributed by atoms with Gasteiger partial charge in [-0.1, -0.05) is 26.0 Å². The highest BCUT2D eigenvalue weighted by atomic mass is 16.2. The van der Waals surface area contributed by atoms with Crippen LogP contribution >= 0.6 is 0 Å². The normalized spacial score (nSPS) is 15.1. The SMILES string of the molecule is CC(C)[C@H](C)N(C(=O)Nc1ccc(-n2cnc3ccccc32)nc1)C1CC1. The molecule has 0 radical (unpaired) electrons. The molecule has 3 aromatic rings. The Labute approximate surface area is 159 Å². The highest BCUT2D eigenvalue weighted by Gasteiger charge is 2.36. The Bertz CT molecular complexity index is 943. The van der Waals surface area contributed by atoms with Gasteiger partial charge in [-0.05, 0) is 49.9 Å². The van der Waals surface area contributed by atoms with Crippen LogP contribution in [0, 0.1) is 5.92 Å². The number of benzene rings is 1. The molecule has 1 aromatic carbocycles. The van der Waals surface area contributed by atoms with E-state index in [4.69, 9.17) is 0 Å². The molecule has 0 spiro atoms. The minimum atomic E-state index is -0.0404. The molecule has 2 aromatic heterocycles. The number of para-hydroxylation sites is 2. The molecular weight excluding hydrogens is 338 g/mol. The number of nitrogens with zero attached hydrogens (tertiary/aromatic N) is 4. The molecule has 140 valence electrons. The lowest BCUT2D eigenvalue weighted by Gasteiger charge is -2.32. The summed E-state index contributed by atoms with van der Waals surface area (Å²) in [7, 11) is 0. The quantitative estimate of drug-likeness (QED) is 0.728. The van der Waals surface area contributed by atoms with Crippen molar-refractivity contribution in [3.63, 3.8) is 0 Å². The van der Waals surface area contributed by atoms with E-state index >= 15 is 0 Å². The van der Waals surface area contributed by atoms with Crippen LogP contribution in [0.1, 0.15) is 33.6 Å². The second-order valence-electron chi connectivity index (χ2n) is 7.56. The van der Waals surface area contributed by atoms with Gasteiger partial charge in [-0.15, -0.1) is 0 Å². The molecule has 1 fully saturated rings. The summed E-state index contributed by atoms with van der Waals surface area (Å²) in [5, 5.41) is 3.01. The van der Waals surface area contributed by atoms with Crippen LogP contribution in [0.15, 0.2) is 48.9 Å². The lowest BCUT2D eigenvalue weighted by atomic mass is 10.0. The summed E-state index contributed by atoms with van der Waals surface area (Å²) in [4.78, 5) is 23.7. The Hall–Kier alpha value is -2.89. The van der Waals surface area contributed by atoms with Gasteiger partial charge in [0.15, 0.2) is 0 Å². The number of nitrogens with one attached hydrogen (secondary N) is 1. The van der Waals surface area contributed by atoms with E-state index < -0.39 is 0 Å². The third kappa shape index (κ3) is 3.52. The van der Waals surface area contributed by atoms with E-state index in [9.17, 15) is 4.79 Å². The van der Waals surface area contributed by atoms with Crippen molar-refractivity contribution >= 4 is 22.8 Å². The third-order valence-electron chi connectivity index (χ3n) is 5.28. The van der Waals surface area contributed by atoms with E-state index in [0.29, 0.717) is 17.6 Å². The molecule has 6 heteroatoms. The van der Waals surface area contributed by atoms with Crippen molar-refractivity contribution in [3.05, 3.63) is 48.9 Å². The maximum atomic E-state index is 12.8. The maximum absolute atomic E-state index is 12.8. The molecule has 0 unspecified atom stereocenters. The molecule has 1 N–H and O–H groups in total. The van der Waals surface area contributed by atoms with Gasteiger partial charge < -0.3 is 10.2 Å². The molecule has 1 aliphatic carbocycles. The average Bonchev–Trinajstić information content (AvgIpc) is 3.40. The molecule has 27 heavy (non-hydrogen) atoms. The van der Waals surface area contributed by atoms with Crippen LogP contribution < -0.4 is 5.32 Å². The van der Waals surface area contributed by atoms with Crippen LogP contribution in [0.3, 0.4) is 0 Å². The number of urea groups is 1. The largest absolute Gasteiger partial charge is 0.322 e. The molecule has 1 aliphatic rings. The topological polar surface area (TPSA) is 63.1 Å². The van der Waals surface area contributed by atoms with E-state index in [2.05, 4.69) is 36.1 Å². The second kappa shape index (κ2) is 7.02. The second-order valence-corrected chi connectivity index (χ2v) is 7.56. The van der Waals surface area contributed by atoms with Crippen LogP contribution in [0.2, 0.25) is 0 Å². The molecule has 0 bridgehead atoms. The molecule has 1 saturated carbocycles. The summed E-state index contributed by atoms with van der Waals surface area (Å²) in [6.07, 6.45) is 5.66. The molecule has 4 rings (SSSR count). The van der Waals surface area contributed by atoms with Crippen LogP contribution in [0.4, 0.5) is 10.5 Å². The fraction of sp³-hybridized carbons (Fsp3) is 0.381. The highest BCUT2D eigenvalue weighted by molar-refractivity contribution is 5.90. The number of carbonyl (C=O) groups excluding carboxylic acids is 1. The molecule has 1 atom stereocenters. The maximum Gasteiger partial charge on any atom is 0.322 e. The van der Waals surface area contributed by atoms with Crippen molar-refractivity contribution < 1.29 is 4.79 Å². The number of anilines is 1. The minimum absolute atomic E-state index is 0.0404. The van der Waals surface area contributed by atoms with Gasteiger partial charge in [0.2, 0.25) is 0 Å².